The summed E-state index contributed by atoms with van der Waals surface area (Å²) in [6, 6.07) is 11.0. The Hall–Kier alpha value is -2.67. The highest BCUT2D eigenvalue weighted by Crippen LogP contribution is 2.35. The number of rotatable bonds is 6. The average Bonchev–Trinajstić information content (AvgIpc) is 3.19. The molecule has 0 aliphatic rings. The Morgan fingerprint density at radius 2 is 1.69 bits per heavy atom. The van der Waals surface area contributed by atoms with E-state index in [1.165, 1.54) is 22.5 Å². The van der Waals surface area contributed by atoms with Crippen molar-refractivity contribution in [3.63, 3.8) is 0 Å². The Morgan fingerprint density at radius 3 is 2.28 bits per heavy atom. The molecule has 3 aromatic rings. The molecule has 2 heterocycles. The van der Waals surface area contributed by atoms with Gasteiger partial charge in [-0.2, -0.15) is 17.5 Å². The Kier molecular flexibility index (Phi) is 6.07. The Bertz CT molecular complexity index is 1120. The molecule has 0 N–H and O–H groups in total. The van der Waals surface area contributed by atoms with E-state index in [9.17, 15) is 21.6 Å². The van der Waals surface area contributed by atoms with Gasteiger partial charge in [0.15, 0.2) is 0 Å². The van der Waals surface area contributed by atoms with Gasteiger partial charge in [0.25, 0.3) is 10.0 Å². The molecule has 0 fully saturated rings. The summed E-state index contributed by atoms with van der Waals surface area (Å²) in [6.07, 6.45) is 4.04. The first-order valence-corrected chi connectivity index (χ1v) is 10.6. The van der Waals surface area contributed by atoms with Crippen LogP contribution in [0.1, 0.15) is 11.1 Å². The second-order valence-electron chi connectivity index (χ2n) is 6.03. The zero-order valence-electron chi connectivity index (χ0n) is 14.9. The van der Waals surface area contributed by atoms with Crippen LogP contribution in [0.3, 0.4) is 0 Å². The van der Waals surface area contributed by atoms with E-state index in [0.717, 1.165) is 29.0 Å². The van der Waals surface area contributed by atoms with Crippen molar-refractivity contribution in [2.45, 2.75) is 16.9 Å². The van der Waals surface area contributed by atoms with Gasteiger partial charge in [-0.3, -0.25) is 4.98 Å². The number of sulfonamides is 1. The molecular formula is C20H15F3N2O2S2. The number of nitrogens with zero attached hydrogens (tertiary/aromatic N) is 2. The van der Waals surface area contributed by atoms with Crippen LogP contribution in [-0.2, 0) is 22.7 Å². The first-order valence-electron chi connectivity index (χ1n) is 8.32. The summed E-state index contributed by atoms with van der Waals surface area (Å²) in [5.41, 5.74) is 0.476. The van der Waals surface area contributed by atoms with Gasteiger partial charge in [-0.15, -0.1) is 17.8 Å². The highest BCUT2D eigenvalue weighted by Gasteiger charge is 2.30. The fourth-order valence-electron chi connectivity index (χ4n) is 2.58. The van der Waals surface area contributed by atoms with Gasteiger partial charge >= 0.3 is 6.18 Å². The normalized spacial score (nSPS) is 12.1. The van der Waals surface area contributed by atoms with Gasteiger partial charge in [-0.05, 0) is 47.5 Å². The van der Waals surface area contributed by atoms with Crippen molar-refractivity contribution >= 4 is 21.4 Å². The second-order valence-corrected chi connectivity index (χ2v) is 9.28. The van der Waals surface area contributed by atoms with E-state index in [4.69, 9.17) is 6.42 Å². The lowest BCUT2D eigenvalue weighted by Crippen LogP contribution is -2.30. The predicted octanol–water partition coefficient (Wildman–Crippen LogP) is 4.65. The van der Waals surface area contributed by atoms with E-state index in [1.54, 1.807) is 30.6 Å². The van der Waals surface area contributed by atoms with Gasteiger partial charge < -0.3 is 0 Å². The van der Waals surface area contributed by atoms with Crippen molar-refractivity contribution in [1.82, 2.24) is 9.29 Å². The Labute approximate surface area is 170 Å². The first kappa shape index (κ1) is 21.0. The smallest absolute Gasteiger partial charge is 0.265 e. The lowest BCUT2D eigenvalue weighted by atomic mass is 10.1. The molecule has 29 heavy (non-hydrogen) atoms. The molecule has 0 amide bonds. The molecule has 0 saturated heterocycles. The zero-order chi connectivity index (χ0) is 21.1. The van der Waals surface area contributed by atoms with Gasteiger partial charge in [-0.1, -0.05) is 18.1 Å². The largest absolute Gasteiger partial charge is 0.416 e. The number of halogens is 3. The van der Waals surface area contributed by atoms with Gasteiger partial charge in [0.05, 0.1) is 12.1 Å². The molecule has 0 bridgehead atoms. The molecule has 150 valence electrons. The minimum Gasteiger partial charge on any atom is -0.265 e. The fraction of sp³-hybridized carbons (Fsp3) is 0.150. The maximum atomic E-state index is 13.0. The van der Waals surface area contributed by atoms with Crippen LogP contribution in [0.5, 0.6) is 0 Å². The molecule has 0 aliphatic carbocycles. The number of hydrogen-bond acceptors (Lipinski definition) is 4. The molecule has 2 aromatic heterocycles. The summed E-state index contributed by atoms with van der Waals surface area (Å²) in [5, 5.41) is 0. The van der Waals surface area contributed by atoms with Crippen LogP contribution in [-0.4, -0.2) is 24.3 Å². The second kappa shape index (κ2) is 8.37. The summed E-state index contributed by atoms with van der Waals surface area (Å²) < 4.78 is 65.5. The van der Waals surface area contributed by atoms with Gasteiger partial charge in [0.2, 0.25) is 0 Å². The minimum atomic E-state index is -4.43. The summed E-state index contributed by atoms with van der Waals surface area (Å²) in [5.74, 6) is 2.35. The number of thiophene rings is 1. The predicted molar refractivity (Wildman–Crippen MR) is 105 cm³/mol. The Balaban J connectivity index is 1.88. The number of hydrogen-bond donors (Lipinski definition) is 0. The average molecular weight is 436 g/mol. The lowest BCUT2D eigenvalue weighted by molar-refractivity contribution is -0.137. The molecule has 9 heteroatoms. The van der Waals surface area contributed by atoms with Crippen molar-refractivity contribution < 1.29 is 21.6 Å². The zero-order valence-corrected chi connectivity index (χ0v) is 16.6. The van der Waals surface area contributed by atoms with E-state index < -0.39 is 21.8 Å². The summed E-state index contributed by atoms with van der Waals surface area (Å²) in [7, 11) is -3.87. The van der Waals surface area contributed by atoms with Crippen LogP contribution in [0.2, 0.25) is 0 Å². The molecule has 0 radical (unpaired) electrons. The number of aromatic nitrogens is 1. The first-order chi connectivity index (χ1) is 13.7. The molecule has 3 rings (SSSR count). The van der Waals surface area contributed by atoms with Crippen molar-refractivity contribution in [2.24, 2.45) is 0 Å². The molecule has 1 aromatic carbocycles. The van der Waals surface area contributed by atoms with E-state index in [0.29, 0.717) is 10.4 Å². The van der Waals surface area contributed by atoms with E-state index >= 15 is 0 Å². The van der Waals surface area contributed by atoms with Crippen molar-refractivity contribution in [3.05, 3.63) is 72.1 Å². The number of terminal acetylenes is 1. The lowest BCUT2D eigenvalue weighted by Gasteiger charge is -2.18. The third kappa shape index (κ3) is 4.85. The maximum absolute atomic E-state index is 13.0. The highest BCUT2D eigenvalue weighted by molar-refractivity contribution is 7.91. The van der Waals surface area contributed by atoms with Crippen LogP contribution in [0.25, 0.3) is 10.4 Å². The quantitative estimate of drug-likeness (QED) is 0.529. The fourth-order valence-corrected chi connectivity index (χ4v) is 5.39. The minimum absolute atomic E-state index is 0.0664. The summed E-state index contributed by atoms with van der Waals surface area (Å²) >= 11 is 0.979. The number of alkyl halides is 3. The molecule has 4 nitrogen and oxygen atoms in total. The van der Waals surface area contributed by atoms with E-state index in [1.807, 2.05) is 0 Å². The van der Waals surface area contributed by atoms with Crippen LogP contribution in [0, 0.1) is 12.3 Å². The van der Waals surface area contributed by atoms with Crippen LogP contribution in [0.4, 0.5) is 13.2 Å². The molecule has 0 saturated carbocycles. The topological polar surface area (TPSA) is 50.3 Å². The van der Waals surface area contributed by atoms with Crippen LogP contribution in [0.15, 0.2) is 65.1 Å². The van der Waals surface area contributed by atoms with Gasteiger partial charge in [0, 0.05) is 23.8 Å². The third-order valence-electron chi connectivity index (χ3n) is 4.05. The molecular weight excluding hydrogens is 421 g/mol. The van der Waals surface area contributed by atoms with Crippen LogP contribution >= 0.6 is 11.3 Å². The van der Waals surface area contributed by atoms with Gasteiger partial charge in [0.1, 0.15) is 4.21 Å². The maximum Gasteiger partial charge on any atom is 0.416 e. The SMILES string of the molecule is C#CCN(Cc1ccncc1)S(=O)(=O)c1ccc(-c2ccc(C(F)(F)F)cc2)s1. The van der Waals surface area contributed by atoms with Crippen molar-refractivity contribution in [1.29, 1.82) is 0 Å². The Morgan fingerprint density at radius 1 is 1.03 bits per heavy atom. The van der Waals surface area contributed by atoms with Crippen molar-refractivity contribution in [2.75, 3.05) is 6.54 Å². The van der Waals surface area contributed by atoms with E-state index in [-0.39, 0.29) is 17.3 Å². The molecule has 0 aliphatic heterocycles. The molecule has 0 atom stereocenters. The standard InChI is InChI=1S/C20H15F3N2O2S2/c1-2-13-25(14-15-9-11-24-12-10-15)29(26,27)19-8-7-18(28-19)16-3-5-17(6-4-16)20(21,22)23/h1,3-12H,13-14H2. The molecule has 0 spiro atoms. The van der Waals surface area contributed by atoms with E-state index in [2.05, 4.69) is 10.9 Å². The summed E-state index contributed by atoms with van der Waals surface area (Å²) in [6.45, 7) is -0.0270. The van der Waals surface area contributed by atoms with Crippen molar-refractivity contribution in [3.8, 4) is 22.8 Å². The highest BCUT2D eigenvalue weighted by atomic mass is 32.2. The van der Waals surface area contributed by atoms with Crippen LogP contribution < -0.4 is 0 Å². The number of benzene rings is 1. The summed E-state index contributed by atoms with van der Waals surface area (Å²) in [4.78, 5) is 4.44. The monoisotopic (exact) mass is 436 g/mol. The van der Waals surface area contributed by atoms with Gasteiger partial charge in [-0.25, -0.2) is 8.42 Å². The number of pyridine rings is 1. The molecule has 0 unspecified atom stereocenters. The third-order valence-corrected chi connectivity index (χ3v) is 7.44.